The molecule has 1 aliphatic heterocycles. The minimum atomic E-state index is -0.350. The number of rotatable bonds is 5. The second kappa shape index (κ2) is 8.57. The van der Waals surface area contributed by atoms with Crippen molar-refractivity contribution < 1.29 is 13.9 Å². The molecule has 0 unspecified atom stereocenters. The lowest BCUT2D eigenvalue weighted by molar-refractivity contribution is 0.0526. The van der Waals surface area contributed by atoms with Gasteiger partial charge in [0.2, 0.25) is 0 Å². The summed E-state index contributed by atoms with van der Waals surface area (Å²) in [5.74, 6) is 0.255. The van der Waals surface area contributed by atoms with E-state index in [9.17, 15) is 9.18 Å². The van der Waals surface area contributed by atoms with Crippen LogP contribution in [0.2, 0.25) is 0 Å². The van der Waals surface area contributed by atoms with E-state index >= 15 is 0 Å². The van der Waals surface area contributed by atoms with Gasteiger partial charge >= 0.3 is 5.97 Å². The molecule has 0 N–H and O–H groups in total. The summed E-state index contributed by atoms with van der Waals surface area (Å²) in [7, 11) is 0. The first-order chi connectivity index (χ1) is 14.1. The average Bonchev–Trinajstić information content (AvgIpc) is 3.25. The predicted octanol–water partition coefficient (Wildman–Crippen LogP) is 3.85. The number of halogens is 1. The number of pyridine rings is 1. The van der Waals surface area contributed by atoms with Crippen LogP contribution < -0.4 is 9.80 Å². The summed E-state index contributed by atoms with van der Waals surface area (Å²) in [4.78, 5) is 25.3. The Morgan fingerprint density at radius 2 is 1.83 bits per heavy atom. The van der Waals surface area contributed by atoms with Crippen molar-refractivity contribution in [3.8, 4) is 11.3 Å². The van der Waals surface area contributed by atoms with Crippen LogP contribution >= 0.6 is 11.3 Å². The lowest BCUT2D eigenvalue weighted by Gasteiger charge is -2.35. The highest BCUT2D eigenvalue weighted by Crippen LogP contribution is 2.28. The van der Waals surface area contributed by atoms with Crippen molar-refractivity contribution in [1.29, 1.82) is 0 Å². The molecule has 0 saturated carbocycles. The highest BCUT2D eigenvalue weighted by molar-refractivity contribution is 7.14. The molecule has 1 aliphatic rings. The van der Waals surface area contributed by atoms with E-state index in [1.807, 2.05) is 11.4 Å². The number of nitrogens with zero attached hydrogens (tertiary/aromatic N) is 4. The molecule has 0 spiro atoms. The molecular weight excluding hydrogens is 391 g/mol. The van der Waals surface area contributed by atoms with Crippen LogP contribution in [0.25, 0.3) is 11.3 Å². The van der Waals surface area contributed by atoms with Gasteiger partial charge in [0.05, 0.1) is 17.9 Å². The fourth-order valence-corrected chi connectivity index (χ4v) is 4.09. The van der Waals surface area contributed by atoms with Gasteiger partial charge in [-0.2, -0.15) is 0 Å². The standard InChI is InChI=1S/C21H21FN4O2S/c1-2-28-20(27)16-5-8-19(23-13-16)25-9-11-26(12-10-25)21-24-18(14-29-21)15-3-6-17(22)7-4-15/h3-8,13-14H,2,9-12H2,1H3. The Balaban J connectivity index is 1.37. The summed E-state index contributed by atoms with van der Waals surface area (Å²) in [6, 6.07) is 10.0. The molecule has 1 fully saturated rings. The van der Waals surface area contributed by atoms with Crippen molar-refractivity contribution in [3.05, 3.63) is 59.4 Å². The topological polar surface area (TPSA) is 58.6 Å². The summed E-state index contributed by atoms with van der Waals surface area (Å²) in [5.41, 5.74) is 2.24. The molecule has 0 amide bonds. The Morgan fingerprint density at radius 3 is 2.48 bits per heavy atom. The number of benzene rings is 1. The van der Waals surface area contributed by atoms with E-state index in [0.29, 0.717) is 12.2 Å². The van der Waals surface area contributed by atoms with Gasteiger partial charge in [0.25, 0.3) is 0 Å². The average molecular weight is 412 g/mol. The maximum Gasteiger partial charge on any atom is 0.339 e. The summed E-state index contributed by atoms with van der Waals surface area (Å²) >= 11 is 1.60. The Labute approximate surface area is 172 Å². The third kappa shape index (κ3) is 4.37. The molecule has 150 valence electrons. The van der Waals surface area contributed by atoms with Crippen LogP contribution in [0, 0.1) is 5.82 Å². The number of ether oxygens (including phenoxy) is 1. The monoisotopic (exact) mass is 412 g/mol. The van der Waals surface area contributed by atoms with Gasteiger partial charge in [-0.05, 0) is 43.3 Å². The molecule has 4 rings (SSSR count). The smallest absolute Gasteiger partial charge is 0.339 e. The van der Waals surface area contributed by atoms with Gasteiger partial charge in [-0.25, -0.2) is 19.2 Å². The molecule has 29 heavy (non-hydrogen) atoms. The summed E-state index contributed by atoms with van der Waals surface area (Å²) in [6.45, 7) is 5.43. The number of hydrogen-bond donors (Lipinski definition) is 0. The number of carbonyl (C=O) groups is 1. The third-order valence-corrected chi connectivity index (χ3v) is 5.67. The molecular formula is C21H21FN4O2S. The van der Waals surface area contributed by atoms with E-state index in [0.717, 1.165) is 48.4 Å². The van der Waals surface area contributed by atoms with Gasteiger partial charge in [0.1, 0.15) is 11.6 Å². The van der Waals surface area contributed by atoms with E-state index in [-0.39, 0.29) is 11.8 Å². The molecule has 3 heterocycles. The lowest BCUT2D eigenvalue weighted by Crippen LogP contribution is -2.46. The summed E-state index contributed by atoms with van der Waals surface area (Å²) < 4.78 is 18.1. The lowest BCUT2D eigenvalue weighted by atomic mass is 10.2. The van der Waals surface area contributed by atoms with Gasteiger partial charge in [0, 0.05) is 43.3 Å². The van der Waals surface area contributed by atoms with Gasteiger partial charge in [-0.15, -0.1) is 11.3 Å². The minimum absolute atomic E-state index is 0.246. The van der Waals surface area contributed by atoms with Crippen LogP contribution in [-0.4, -0.2) is 48.7 Å². The maximum atomic E-state index is 13.1. The van der Waals surface area contributed by atoms with Crippen molar-refractivity contribution in [2.75, 3.05) is 42.6 Å². The molecule has 6 nitrogen and oxygen atoms in total. The Bertz CT molecular complexity index is 967. The SMILES string of the molecule is CCOC(=O)c1ccc(N2CCN(c3nc(-c4ccc(F)cc4)cs3)CC2)nc1. The number of anilines is 2. The quantitative estimate of drug-likeness (QED) is 0.594. The van der Waals surface area contributed by atoms with E-state index in [1.54, 1.807) is 42.7 Å². The molecule has 1 aromatic carbocycles. The Hall–Kier alpha value is -3.00. The second-order valence-electron chi connectivity index (χ2n) is 6.62. The number of piperazine rings is 1. The predicted molar refractivity (Wildman–Crippen MR) is 112 cm³/mol. The number of hydrogen-bond acceptors (Lipinski definition) is 7. The Kier molecular flexibility index (Phi) is 5.71. The second-order valence-corrected chi connectivity index (χ2v) is 7.46. The highest BCUT2D eigenvalue weighted by atomic mass is 32.1. The van der Waals surface area contributed by atoms with Crippen molar-refractivity contribution in [1.82, 2.24) is 9.97 Å². The van der Waals surface area contributed by atoms with Crippen LogP contribution in [0.3, 0.4) is 0 Å². The van der Waals surface area contributed by atoms with E-state index in [1.165, 1.54) is 12.1 Å². The number of aromatic nitrogens is 2. The van der Waals surface area contributed by atoms with Crippen LogP contribution in [0.5, 0.6) is 0 Å². The zero-order chi connectivity index (χ0) is 20.2. The first-order valence-corrected chi connectivity index (χ1v) is 10.4. The van der Waals surface area contributed by atoms with Gasteiger partial charge in [0.15, 0.2) is 5.13 Å². The van der Waals surface area contributed by atoms with Crippen LogP contribution in [-0.2, 0) is 4.74 Å². The summed E-state index contributed by atoms with van der Waals surface area (Å²) in [6.07, 6.45) is 1.56. The largest absolute Gasteiger partial charge is 0.462 e. The normalized spacial score (nSPS) is 14.1. The van der Waals surface area contributed by atoms with E-state index in [2.05, 4.69) is 14.8 Å². The number of carbonyl (C=O) groups excluding carboxylic acids is 1. The molecule has 0 bridgehead atoms. The van der Waals surface area contributed by atoms with Gasteiger partial charge in [-0.3, -0.25) is 0 Å². The van der Waals surface area contributed by atoms with E-state index in [4.69, 9.17) is 9.72 Å². The molecule has 0 radical (unpaired) electrons. The van der Waals surface area contributed by atoms with Crippen molar-refractivity contribution in [3.63, 3.8) is 0 Å². The molecule has 0 aliphatic carbocycles. The number of esters is 1. The van der Waals surface area contributed by atoms with Gasteiger partial charge in [-0.1, -0.05) is 0 Å². The molecule has 2 aromatic heterocycles. The fourth-order valence-electron chi connectivity index (χ4n) is 3.20. The minimum Gasteiger partial charge on any atom is -0.462 e. The number of thiazole rings is 1. The first kappa shape index (κ1) is 19.3. The Morgan fingerprint density at radius 1 is 1.10 bits per heavy atom. The highest BCUT2D eigenvalue weighted by Gasteiger charge is 2.21. The molecule has 3 aromatic rings. The molecule has 1 saturated heterocycles. The molecule has 8 heteroatoms. The van der Waals surface area contributed by atoms with Crippen molar-refractivity contribution >= 4 is 28.3 Å². The van der Waals surface area contributed by atoms with Crippen molar-refractivity contribution in [2.24, 2.45) is 0 Å². The zero-order valence-electron chi connectivity index (χ0n) is 16.0. The van der Waals surface area contributed by atoms with Gasteiger partial charge < -0.3 is 14.5 Å². The van der Waals surface area contributed by atoms with E-state index < -0.39 is 0 Å². The third-order valence-electron chi connectivity index (χ3n) is 4.77. The fraction of sp³-hybridized carbons (Fsp3) is 0.286. The zero-order valence-corrected chi connectivity index (χ0v) is 16.9. The van der Waals surface area contributed by atoms with Crippen LogP contribution in [0.1, 0.15) is 17.3 Å². The summed E-state index contributed by atoms with van der Waals surface area (Å²) in [5, 5.41) is 2.97. The first-order valence-electron chi connectivity index (χ1n) is 9.48. The maximum absolute atomic E-state index is 13.1. The van der Waals surface area contributed by atoms with Crippen molar-refractivity contribution in [2.45, 2.75) is 6.92 Å². The van der Waals surface area contributed by atoms with Crippen LogP contribution in [0.4, 0.5) is 15.3 Å². The molecule has 0 atom stereocenters. The van der Waals surface area contributed by atoms with Crippen LogP contribution in [0.15, 0.2) is 48.0 Å².